The molecule has 3 N–H and O–H groups in total. The fraction of sp³-hybridized carbons (Fsp3) is 0.909. The first-order valence-corrected chi connectivity index (χ1v) is 13.2. The van der Waals surface area contributed by atoms with E-state index >= 15 is 0 Å². The molecule has 0 aromatic rings. The van der Waals surface area contributed by atoms with Gasteiger partial charge in [0.1, 0.15) is 0 Å². The van der Waals surface area contributed by atoms with Crippen molar-refractivity contribution in [2.45, 2.75) is 121 Å². The van der Waals surface area contributed by atoms with Gasteiger partial charge in [-0.25, -0.2) is 0 Å². The number of hydrogen-bond acceptors (Lipinski definition) is 5. The number of ether oxygens (including phenoxy) is 1. The summed E-state index contributed by atoms with van der Waals surface area (Å²) in [7, 11) is -4.71. The fourth-order valence-corrected chi connectivity index (χ4v) is 4.09. The second kappa shape index (κ2) is 21.7. The van der Waals surface area contributed by atoms with Crippen molar-refractivity contribution in [3.8, 4) is 0 Å². The Morgan fingerprint density at radius 1 is 0.774 bits per heavy atom. The molecule has 180 valence electrons. The average molecular weight is 474 g/mol. The maximum absolute atomic E-state index is 11.7. The van der Waals surface area contributed by atoms with Gasteiger partial charge >= 0.3 is 35.5 Å². The number of amides is 1. The minimum atomic E-state index is -4.71. The first-order chi connectivity index (χ1) is 14.3. The predicted octanol–water partition coefficient (Wildman–Crippen LogP) is 4.27. The van der Waals surface area contributed by atoms with Gasteiger partial charge in [-0.15, -0.1) is 0 Å². The number of rotatable bonds is 21. The van der Waals surface area contributed by atoms with Crippen molar-refractivity contribution in [3.63, 3.8) is 0 Å². The summed E-state index contributed by atoms with van der Waals surface area (Å²) in [6.45, 7) is 2.32. The molecular formula is C22H44NNaO6S. The summed E-state index contributed by atoms with van der Waals surface area (Å²) in [4.78, 5) is 22.5. The van der Waals surface area contributed by atoms with Crippen molar-refractivity contribution in [2.75, 3.05) is 6.61 Å². The summed E-state index contributed by atoms with van der Waals surface area (Å²) in [6.07, 6.45) is 18.9. The van der Waals surface area contributed by atoms with Crippen LogP contribution in [-0.2, 0) is 24.4 Å². The zero-order valence-corrected chi connectivity index (χ0v) is 19.6. The number of unbranched alkanes of at least 4 members (excludes halogenated alkanes) is 15. The molecule has 0 saturated heterocycles. The van der Waals surface area contributed by atoms with Gasteiger partial charge in [0.25, 0.3) is 10.1 Å². The number of hydrogen-bond donors (Lipinski definition) is 2. The third kappa shape index (κ3) is 21.5. The summed E-state index contributed by atoms with van der Waals surface area (Å²) in [6, 6.07) is 0. The van der Waals surface area contributed by atoms with Crippen LogP contribution in [0.1, 0.15) is 116 Å². The Balaban J connectivity index is 0. The van der Waals surface area contributed by atoms with Crippen molar-refractivity contribution in [1.82, 2.24) is 0 Å². The van der Waals surface area contributed by atoms with Gasteiger partial charge in [0.15, 0.2) is 5.25 Å². The predicted molar refractivity (Wildman–Crippen MR) is 127 cm³/mol. The van der Waals surface area contributed by atoms with Crippen molar-refractivity contribution in [2.24, 2.45) is 5.73 Å². The quantitative estimate of drug-likeness (QED) is 0.111. The summed E-state index contributed by atoms with van der Waals surface area (Å²) in [5, 5.41) is -1.93. The molecule has 0 spiro atoms. The molecule has 1 unspecified atom stereocenters. The maximum atomic E-state index is 11.7. The Bertz CT molecular complexity index is 556. The van der Waals surface area contributed by atoms with E-state index in [0.717, 1.165) is 19.3 Å². The first kappa shape index (κ1) is 33.0. The Labute approximate surface area is 211 Å². The van der Waals surface area contributed by atoms with Crippen LogP contribution in [0.15, 0.2) is 0 Å². The number of primary amides is 1. The van der Waals surface area contributed by atoms with E-state index in [-0.39, 0.29) is 36.2 Å². The van der Waals surface area contributed by atoms with Crippen LogP contribution in [0.2, 0.25) is 0 Å². The second-order valence-corrected chi connectivity index (χ2v) is 9.74. The zero-order valence-electron chi connectivity index (χ0n) is 18.8. The minimum absolute atomic E-state index is 0. The van der Waals surface area contributed by atoms with Crippen LogP contribution in [0.5, 0.6) is 0 Å². The molecular weight excluding hydrogens is 429 g/mol. The normalized spacial score (nSPS) is 12.2. The number of carbonyl (C=O) groups is 2. The monoisotopic (exact) mass is 473 g/mol. The van der Waals surface area contributed by atoms with Gasteiger partial charge in [-0.1, -0.05) is 103 Å². The molecule has 0 aliphatic carbocycles. The van der Waals surface area contributed by atoms with E-state index in [1.54, 1.807) is 0 Å². The van der Waals surface area contributed by atoms with Crippen LogP contribution in [0.3, 0.4) is 0 Å². The third-order valence-electron chi connectivity index (χ3n) is 5.25. The van der Waals surface area contributed by atoms with Crippen molar-refractivity contribution < 1.29 is 27.3 Å². The van der Waals surface area contributed by atoms with Crippen LogP contribution in [-0.4, -0.2) is 66.3 Å². The number of carbonyl (C=O) groups excluding carboxylic acids is 2. The number of esters is 1. The molecule has 0 saturated carbocycles. The van der Waals surface area contributed by atoms with E-state index in [9.17, 15) is 18.0 Å². The van der Waals surface area contributed by atoms with E-state index in [2.05, 4.69) is 6.92 Å². The van der Waals surface area contributed by atoms with Gasteiger partial charge in [0.2, 0.25) is 5.91 Å². The van der Waals surface area contributed by atoms with E-state index in [0.29, 0.717) is 6.42 Å². The van der Waals surface area contributed by atoms with E-state index in [1.807, 2.05) is 0 Å². The number of nitrogens with two attached hydrogens (primary N) is 1. The zero-order chi connectivity index (χ0) is 22.7. The first-order valence-electron chi connectivity index (χ1n) is 11.7. The van der Waals surface area contributed by atoms with Gasteiger partial charge in [-0.3, -0.25) is 14.1 Å². The van der Waals surface area contributed by atoms with Crippen LogP contribution in [0.25, 0.3) is 0 Å². The van der Waals surface area contributed by atoms with E-state index in [4.69, 9.17) is 15.0 Å². The van der Waals surface area contributed by atoms with Crippen molar-refractivity contribution >= 4 is 51.6 Å². The molecule has 0 fully saturated rings. The van der Waals surface area contributed by atoms with Crippen LogP contribution in [0, 0.1) is 0 Å². The van der Waals surface area contributed by atoms with Gasteiger partial charge < -0.3 is 10.5 Å². The summed E-state index contributed by atoms with van der Waals surface area (Å²) in [5.74, 6) is -2.12. The van der Waals surface area contributed by atoms with Crippen molar-refractivity contribution in [3.05, 3.63) is 0 Å². The van der Waals surface area contributed by atoms with Crippen LogP contribution in [0.4, 0.5) is 0 Å². The molecule has 0 heterocycles. The standard InChI is InChI=1S/C22H43NO6S.Na.H/c1-2-3-4-5-6-7-8-9-10-11-12-13-14-15-16-17-18-29-22(25)20(19-21(23)24)30(26,27)28;;/h20H,2-19H2,1H3,(H2,23,24)(H,26,27,28);;. The Kier molecular flexibility index (Phi) is 23.1. The Hall–Kier alpha value is -0.150. The molecule has 7 nitrogen and oxygen atoms in total. The summed E-state index contributed by atoms with van der Waals surface area (Å²) in [5.41, 5.74) is 4.90. The van der Waals surface area contributed by atoms with Gasteiger partial charge in [-0.2, -0.15) is 8.42 Å². The summed E-state index contributed by atoms with van der Waals surface area (Å²) < 4.78 is 36.1. The summed E-state index contributed by atoms with van der Waals surface area (Å²) >= 11 is 0. The average Bonchev–Trinajstić information content (AvgIpc) is 2.67. The van der Waals surface area contributed by atoms with Crippen LogP contribution < -0.4 is 5.73 Å². The second-order valence-electron chi connectivity index (χ2n) is 8.14. The molecule has 0 aliphatic heterocycles. The fourth-order valence-electron chi connectivity index (χ4n) is 3.41. The molecule has 0 rings (SSSR count). The SMILES string of the molecule is CCCCCCCCCCCCCCCCCCOC(=O)C(CC(N)=O)S(=O)(=O)O.[NaH]. The van der Waals surface area contributed by atoms with E-state index < -0.39 is 33.7 Å². The van der Waals surface area contributed by atoms with Gasteiger partial charge in [-0.05, 0) is 6.42 Å². The molecule has 0 radical (unpaired) electrons. The molecule has 31 heavy (non-hydrogen) atoms. The topological polar surface area (TPSA) is 124 Å². The molecule has 9 heteroatoms. The Morgan fingerprint density at radius 2 is 1.13 bits per heavy atom. The van der Waals surface area contributed by atoms with E-state index in [1.165, 1.54) is 77.0 Å². The Morgan fingerprint density at radius 3 is 1.45 bits per heavy atom. The molecule has 1 amide bonds. The molecule has 0 bridgehead atoms. The molecule has 1 atom stereocenters. The molecule has 0 aliphatic rings. The molecule has 0 aromatic carbocycles. The van der Waals surface area contributed by atoms with Crippen LogP contribution >= 0.6 is 0 Å². The van der Waals surface area contributed by atoms with Crippen molar-refractivity contribution in [1.29, 1.82) is 0 Å². The van der Waals surface area contributed by atoms with Gasteiger partial charge in [0, 0.05) is 0 Å². The third-order valence-corrected chi connectivity index (χ3v) is 6.33. The molecule has 0 aromatic heterocycles. The van der Waals surface area contributed by atoms with Gasteiger partial charge in [0.05, 0.1) is 13.0 Å².